The van der Waals surface area contributed by atoms with Crippen molar-refractivity contribution >= 4 is 23.1 Å². The summed E-state index contributed by atoms with van der Waals surface area (Å²) in [5.41, 5.74) is 2.73. The zero-order chi connectivity index (χ0) is 16.4. The maximum atomic E-state index is 9.38. The van der Waals surface area contributed by atoms with Gasteiger partial charge in [-0.15, -0.1) is 16.4 Å². The van der Waals surface area contributed by atoms with Crippen molar-refractivity contribution in [2.75, 3.05) is 0 Å². The Labute approximate surface area is 145 Å². The van der Waals surface area contributed by atoms with Crippen molar-refractivity contribution in [3.8, 4) is 22.0 Å². The molecule has 4 rings (SSSR count). The Morgan fingerprint density at radius 2 is 2.08 bits per heavy atom. The summed E-state index contributed by atoms with van der Waals surface area (Å²) >= 11 is 3.08. The monoisotopic (exact) mass is 357 g/mol. The molecule has 0 unspecified atom stereocenters. The molecule has 0 aliphatic rings. The first-order valence-electron chi connectivity index (χ1n) is 6.97. The van der Waals surface area contributed by atoms with Gasteiger partial charge in [-0.3, -0.25) is 0 Å². The molecule has 1 aromatic carbocycles. The number of furan rings is 1. The van der Waals surface area contributed by atoms with Crippen molar-refractivity contribution in [1.82, 2.24) is 25.2 Å². The summed E-state index contributed by atoms with van der Waals surface area (Å²) in [5.74, 6) is 0.863. The number of tetrazole rings is 1. The highest BCUT2D eigenvalue weighted by atomic mass is 32.2. The summed E-state index contributed by atoms with van der Waals surface area (Å²) in [6.45, 7) is 0. The third kappa shape index (κ3) is 3.03. The molecule has 0 radical (unpaired) electrons. The first kappa shape index (κ1) is 14.9. The molecule has 0 fully saturated rings. The highest BCUT2D eigenvalue weighted by molar-refractivity contribution is 7.98. The van der Waals surface area contributed by atoms with Crippen molar-refractivity contribution in [3.63, 3.8) is 0 Å². The average Bonchev–Trinajstić information content (AvgIpc) is 3.34. The number of hydrogen-bond donors (Lipinski definition) is 1. The number of hydrogen-bond acceptors (Lipinski definition) is 8. The SMILES string of the molecule is Oc1ccc(-n2nnnc2SCc2csc(-c3ccoc3)n2)cc1. The topological polar surface area (TPSA) is 89.9 Å². The van der Waals surface area contributed by atoms with Gasteiger partial charge in [-0.25, -0.2) is 4.98 Å². The molecule has 0 atom stereocenters. The number of aromatic hydroxyl groups is 1. The third-order valence-electron chi connectivity index (χ3n) is 3.20. The standard InChI is InChI=1S/C15H11N5O2S2/c21-13-3-1-12(2-4-13)20-15(17-18-19-20)24-9-11-8-23-14(16-11)10-5-6-22-7-10/h1-8,21H,9H2. The lowest BCUT2D eigenvalue weighted by atomic mass is 10.3. The third-order valence-corrected chi connectivity index (χ3v) is 5.10. The van der Waals surface area contributed by atoms with E-state index in [4.69, 9.17) is 4.42 Å². The van der Waals surface area contributed by atoms with Gasteiger partial charge in [-0.2, -0.15) is 4.68 Å². The lowest BCUT2D eigenvalue weighted by molar-refractivity contribution is 0.475. The summed E-state index contributed by atoms with van der Waals surface area (Å²) in [4.78, 5) is 4.59. The Balaban J connectivity index is 1.49. The molecule has 120 valence electrons. The highest BCUT2D eigenvalue weighted by Crippen LogP contribution is 2.28. The molecule has 3 aromatic heterocycles. The second-order valence-electron chi connectivity index (χ2n) is 4.83. The van der Waals surface area contributed by atoms with Crippen LogP contribution in [0.5, 0.6) is 5.75 Å². The zero-order valence-corrected chi connectivity index (χ0v) is 13.9. The van der Waals surface area contributed by atoms with E-state index in [-0.39, 0.29) is 5.75 Å². The zero-order valence-electron chi connectivity index (χ0n) is 12.2. The number of phenols is 1. The largest absolute Gasteiger partial charge is 0.508 e. The molecule has 9 heteroatoms. The molecule has 0 saturated heterocycles. The Hall–Kier alpha value is -2.65. The minimum Gasteiger partial charge on any atom is -0.508 e. The van der Waals surface area contributed by atoms with Crippen LogP contribution in [0.4, 0.5) is 0 Å². The minimum atomic E-state index is 0.204. The Morgan fingerprint density at radius 3 is 2.88 bits per heavy atom. The maximum Gasteiger partial charge on any atom is 0.214 e. The second-order valence-corrected chi connectivity index (χ2v) is 6.63. The molecule has 24 heavy (non-hydrogen) atoms. The first-order valence-corrected chi connectivity index (χ1v) is 8.84. The lowest BCUT2D eigenvalue weighted by Gasteiger charge is -2.03. The van der Waals surface area contributed by atoms with Gasteiger partial charge in [0.2, 0.25) is 5.16 Å². The number of nitrogens with zero attached hydrogens (tertiary/aromatic N) is 5. The highest BCUT2D eigenvalue weighted by Gasteiger charge is 2.11. The van der Waals surface area contributed by atoms with E-state index >= 15 is 0 Å². The summed E-state index contributed by atoms with van der Waals surface area (Å²) in [5, 5.41) is 24.8. The van der Waals surface area contributed by atoms with Gasteiger partial charge in [0.25, 0.3) is 0 Å². The van der Waals surface area contributed by atoms with Gasteiger partial charge >= 0.3 is 0 Å². The number of thioether (sulfide) groups is 1. The molecular weight excluding hydrogens is 346 g/mol. The van der Waals surface area contributed by atoms with Crippen LogP contribution < -0.4 is 0 Å². The molecule has 0 aliphatic carbocycles. The summed E-state index contributed by atoms with van der Waals surface area (Å²) in [6.07, 6.45) is 3.32. The fraction of sp³-hybridized carbons (Fsp3) is 0.0667. The lowest BCUT2D eigenvalue weighted by Crippen LogP contribution is -1.98. The van der Waals surface area contributed by atoms with Crippen molar-refractivity contribution in [3.05, 3.63) is 53.9 Å². The van der Waals surface area contributed by atoms with E-state index in [9.17, 15) is 5.11 Å². The van der Waals surface area contributed by atoms with Gasteiger partial charge in [0.15, 0.2) is 0 Å². The van der Waals surface area contributed by atoms with Crippen molar-refractivity contribution in [1.29, 1.82) is 0 Å². The maximum absolute atomic E-state index is 9.38. The molecule has 0 aliphatic heterocycles. The molecule has 0 bridgehead atoms. The predicted octanol–water partition coefficient (Wildman–Crippen LogP) is 3.38. The fourth-order valence-electron chi connectivity index (χ4n) is 2.06. The predicted molar refractivity (Wildman–Crippen MR) is 90.2 cm³/mol. The smallest absolute Gasteiger partial charge is 0.214 e. The normalized spacial score (nSPS) is 11.0. The van der Waals surface area contributed by atoms with Crippen molar-refractivity contribution in [2.45, 2.75) is 10.9 Å². The van der Waals surface area contributed by atoms with Crippen LogP contribution in [0.15, 0.2) is 57.8 Å². The quantitative estimate of drug-likeness (QED) is 0.548. The molecule has 0 saturated carbocycles. The van der Waals surface area contributed by atoms with Crippen molar-refractivity contribution < 1.29 is 9.52 Å². The second kappa shape index (κ2) is 6.46. The first-order chi connectivity index (χ1) is 11.8. The number of aromatic nitrogens is 5. The number of rotatable bonds is 5. The van der Waals surface area contributed by atoms with Gasteiger partial charge < -0.3 is 9.52 Å². The molecule has 4 aromatic rings. The van der Waals surface area contributed by atoms with E-state index in [2.05, 4.69) is 20.5 Å². The minimum absolute atomic E-state index is 0.204. The van der Waals surface area contributed by atoms with Gasteiger partial charge in [0.05, 0.1) is 17.6 Å². The van der Waals surface area contributed by atoms with Crippen LogP contribution in [-0.4, -0.2) is 30.3 Å². The Morgan fingerprint density at radius 1 is 1.21 bits per heavy atom. The summed E-state index contributed by atoms with van der Waals surface area (Å²) in [6, 6.07) is 8.61. The average molecular weight is 357 g/mol. The Bertz CT molecular complexity index is 931. The number of thiazole rings is 1. The van der Waals surface area contributed by atoms with E-state index < -0.39 is 0 Å². The van der Waals surface area contributed by atoms with Gasteiger partial charge in [0.1, 0.15) is 17.0 Å². The van der Waals surface area contributed by atoms with Gasteiger partial charge in [-0.1, -0.05) is 11.8 Å². The molecule has 0 amide bonds. The summed E-state index contributed by atoms with van der Waals surface area (Å²) < 4.78 is 6.72. The number of benzene rings is 1. The van der Waals surface area contributed by atoms with Crippen LogP contribution in [0.3, 0.4) is 0 Å². The molecule has 0 spiro atoms. The molecule has 1 N–H and O–H groups in total. The van der Waals surface area contributed by atoms with E-state index in [0.29, 0.717) is 10.9 Å². The Kier molecular flexibility index (Phi) is 4.01. The van der Waals surface area contributed by atoms with Crippen LogP contribution >= 0.6 is 23.1 Å². The fourth-order valence-corrected chi connectivity index (χ4v) is 3.75. The number of phenolic OH excluding ortho intramolecular Hbond substituents is 1. The van der Waals surface area contributed by atoms with Crippen LogP contribution in [0, 0.1) is 0 Å². The van der Waals surface area contributed by atoms with Crippen LogP contribution in [0.1, 0.15) is 5.69 Å². The molecular formula is C15H11N5O2S2. The van der Waals surface area contributed by atoms with E-state index in [0.717, 1.165) is 22.0 Å². The van der Waals surface area contributed by atoms with Gasteiger partial charge in [-0.05, 0) is 40.8 Å². The van der Waals surface area contributed by atoms with Gasteiger partial charge in [0, 0.05) is 16.7 Å². The van der Waals surface area contributed by atoms with E-state index in [1.54, 1.807) is 52.8 Å². The molecule has 3 heterocycles. The van der Waals surface area contributed by atoms with E-state index in [1.165, 1.54) is 11.8 Å². The van der Waals surface area contributed by atoms with Crippen LogP contribution in [-0.2, 0) is 5.75 Å². The van der Waals surface area contributed by atoms with Crippen LogP contribution in [0.2, 0.25) is 0 Å². The van der Waals surface area contributed by atoms with E-state index in [1.807, 2.05) is 11.4 Å². The molecule has 7 nitrogen and oxygen atoms in total. The van der Waals surface area contributed by atoms with Crippen molar-refractivity contribution in [2.24, 2.45) is 0 Å². The summed E-state index contributed by atoms with van der Waals surface area (Å²) in [7, 11) is 0. The van der Waals surface area contributed by atoms with Crippen LogP contribution in [0.25, 0.3) is 16.3 Å².